The van der Waals surface area contributed by atoms with Gasteiger partial charge < -0.3 is 5.32 Å². The zero-order chi connectivity index (χ0) is 16.8. The fraction of sp³-hybridized carbons (Fsp3) is 0.222. The lowest BCUT2D eigenvalue weighted by molar-refractivity contribution is -0.384. The molecule has 0 saturated heterocycles. The number of allylic oxidation sites excluding steroid dienone is 2. The maximum absolute atomic E-state index is 11.2. The van der Waals surface area contributed by atoms with Crippen LogP contribution < -0.4 is 5.32 Å². The first-order valence-electron chi connectivity index (χ1n) is 7.71. The van der Waals surface area contributed by atoms with Crippen LogP contribution in [0.2, 0.25) is 5.02 Å². The third kappa shape index (κ3) is 2.52. The van der Waals surface area contributed by atoms with Gasteiger partial charge in [-0.25, -0.2) is 0 Å². The van der Waals surface area contributed by atoms with Gasteiger partial charge in [0.2, 0.25) is 0 Å². The number of fused-ring (bicyclic) bond motifs is 3. The number of anilines is 1. The van der Waals surface area contributed by atoms with Gasteiger partial charge in [-0.3, -0.25) is 10.1 Å². The number of halogens is 2. The minimum atomic E-state index is -0.389. The molecule has 0 aromatic heterocycles. The van der Waals surface area contributed by atoms with Gasteiger partial charge in [0.05, 0.1) is 21.7 Å². The van der Waals surface area contributed by atoms with Crippen molar-refractivity contribution in [3.8, 4) is 0 Å². The van der Waals surface area contributed by atoms with E-state index in [9.17, 15) is 10.1 Å². The van der Waals surface area contributed by atoms with Crippen LogP contribution in [0.3, 0.4) is 0 Å². The molecule has 0 amide bonds. The number of nitro benzene ring substituents is 1. The fourth-order valence-corrected chi connectivity index (χ4v) is 4.47. The molecule has 0 fully saturated rings. The molecule has 4 nitrogen and oxygen atoms in total. The quantitative estimate of drug-likeness (QED) is 0.388. The summed E-state index contributed by atoms with van der Waals surface area (Å²) in [6, 6.07) is 11.4. The third-order valence-corrected chi connectivity index (χ3v) is 5.62. The lowest BCUT2D eigenvalue weighted by atomic mass is 9.77. The van der Waals surface area contributed by atoms with Gasteiger partial charge in [-0.15, -0.1) is 0 Å². The highest BCUT2D eigenvalue weighted by Crippen LogP contribution is 2.52. The number of rotatable bonds is 2. The third-order valence-electron chi connectivity index (χ3n) is 4.82. The van der Waals surface area contributed by atoms with E-state index in [-0.39, 0.29) is 22.6 Å². The highest BCUT2D eigenvalue weighted by atomic mass is 79.9. The Kier molecular flexibility index (Phi) is 3.85. The molecule has 1 aliphatic carbocycles. The first kappa shape index (κ1) is 15.7. The topological polar surface area (TPSA) is 55.2 Å². The van der Waals surface area contributed by atoms with E-state index in [1.165, 1.54) is 11.6 Å². The summed E-state index contributed by atoms with van der Waals surface area (Å²) in [5.41, 5.74) is 2.95. The lowest BCUT2D eigenvalue weighted by Crippen LogP contribution is -2.29. The molecule has 122 valence electrons. The predicted molar refractivity (Wildman–Crippen MR) is 98.6 cm³/mol. The number of nitrogens with zero attached hydrogens (tertiary/aromatic N) is 1. The summed E-state index contributed by atoms with van der Waals surface area (Å²) in [7, 11) is 0. The summed E-state index contributed by atoms with van der Waals surface area (Å²) in [5, 5.41) is 15.1. The SMILES string of the molecule is O=[N+]([O-])c1cc(Cl)c2c(c1)[C@@H]1C=CC[C@H]1[C@H](c1cccc(Br)c1)N2. The van der Waals surface area contributed by atoms with Crippen LogP contribution in [0.25, 0.3) is 0 Å². The smallest absolute Gasteiger partial charge is 0.271 e. The largest absolute Gasteiger partial charge is 0.376 e. The van der Waals surface area contributed by atoms with E-state index in [1.54, 1.807) is 6.07 Å². The van der Waals surface area contributed by atoms with Gasteiger partial charge in [-0.2, -0.15) is 0 Å². The van der Waals surface area contributed by atoms with E-state index in [0.717, 1.165) is 22.1 Å². The number of benzene rings is 2. The first-order chi connectivity index (χ1) is 11.5. The second kappa shape index (κ2) is 5.90. The second-order valence-electron chi connectivity index (χ2n) is 6.18. The Morgan fingerprint density at radius 2 is 2.12 bits per heavy atom. The maximum atomic E-state index is 11.2. The van der Waals surface area contributed by atoms with Gasteiger partial charge in [0.15, 0.2) is 0 Å². The van der Waals surface area contributed by atoms with Gasteiger partial charge in [0.25, 0.3) is 5.69 Å². The zero-order valence-corrected chi connectivity index (χ0v) is 14.9. The van der Waals surface area contributed by atoms with Gasteiger partial charge in [0.1, 0.15) is 0 Å². The first-order valence-corrected chi connectivity index (χ1v) is 8.88. The highest BCUT2D eigenvalue weighted by Gasteiger charge is 2.39. The summed E-state index contributed by atoms with van der Waals surface area (Å²) in [5.74, 6) is 0.465. The summed E-state index contributed by atoms with van der Waals surface area (Å²) in [4.78, 5) is 10.8. The molecule has 2 aromatic rings. The molecule has 0 radical (unpaired) electrons. The molecule has 1 heterocycles. The Labute approximate surface area is 152 Å². The zero-order valence-electron chi connectivity index (χ0n) is 12.6. The van der Waals surface area contributed by atoms with Gasteiger partial charge in [-0.05, 0) is 35.6 Å². The van der Waals surface area contributed by atoms with Gasteiger partial charge >= 0.3 is 0 Å². The highest BCUT2D eigenvalue weighted by molar-refractivity contribution is 9.10. The van der Waals surface area contributed by atoms with E-state index in [0.29, 0.717) is 10.9 Å². The van der Waals surface area contributed by atoms with Crippen LogP contribution >= 0.6 is 27.5 Å². The molecule has 3 atom stereocenters. The average molecular weight is 406 g/mol. The lowest BCUT2D eigenvalue weighted by Gasteiger charge is -2.37. The van der Waals surface area contributed by atoms with Crippen LogP contribution in [0, 0.1) is 16.0 Å². The molecule has 0 spiro atoms. The van der Waals surface area contributed by atoms with Crippen molar-refractivity contribution in [1.29, 1.82) is 0 Å². The summed E-state index contributed by atoms with van der Waals surface area (Å²) < 4.78 is 1.03. The maximum Gasteiger partial charge on any atom is 0.271 e. The van der Waals surface area contributed by atoms with Crippen molar-refractivity contribution in [3.05, 3.63) is 79.3 Å². The predicted octanol–water partition coefficient (Wildman–Crippen LogP) is 5.84. The Bertz CT molecular complexity index is 868. The Morgan fingerprint density at radius 1 is 1.29 bits per heavy atom. The molecule has 0 bridgehead atoms. The summed E-state index contributed by atoms with van der Waals surface area (Å²) in [6.45, 7) is 0. The number of non-ortho nitro benzene ring substituents is 1. The molecular weight excluding hydrogens is 392 g/mol. The Hall–Kier alpha value is -1.85. The Morgan fingerprint density at radius 3 is 2.88 bits per heavy atom. The fourth-order valence-electron chi connectivity index (χ4n) is 3.78. The van der Waals surface area contributed by atoms with E-state index in [4.69, 9.17) is 11.6 Å². The number of hydrogen-bond acceptors (Lipinski definition) is 3. The monoisotopic (exact) mass is 404 g/mol. The van der Waals surface area contributed by atoms with E-state index in [1.807, 2.05) is 12.1 Å². The van der Waals surface area contributed by atoms with Crippen LogP contribution in [0.5, 0.6) is 0 Å². The average Bonchev–Trinajstić information content (AvgIpc) is 3.04. The van der Waals surface area contributed by atoms with Gasteiger partial charge in [-0.1, -0.05) is 51.8 Å². The molecule has 0 saturated carbocycles. The van der Waals surface area contributed by atoms with Crippen LogP contribution in [0.4, 0.5) is 11.4 Å². The van der Waals surface area contributed by atoms with Crippen LogP contribution in [0.1, 0.15) is 29.5 Å². The standard InChI is InChI=1S/C18H14BrClN2O2/c19-11-4-1-3-10(7-11)17-14-6-2-5-13(14)15-8-12(22(23)24)9-16(20)18(15)21-17/h1-5,7-9,13-14,17,21H,6H2/t13-,14-,17+/m1/s1. The van der Waals surface area contributed by atoms with Crippen molar-refractivity contribution in [3.63, 3.8) is 0 Å². The number of nitrogens with one attached hydrogen (secondary N) is 1. The Balaban J connectivity index is 1.83. The van der Waals surface area contributed by atoms with Crippen molar-refractivity contribution in [2.75, 3.05) is 5.32 Å². The molecule has 24 heavy (non-hydrogen) atoms. The van der Waals surface area contributed by atoms with Crippen LogP contribution in [0.15, 0.2) is 53.0 Å². The normalized spacial score (nSPS) is 24.2. The van der Waals surface area contributed by atoms with Crippen molar-refractivity contribution < 1.29 is 4.92 Å². The van der Waals surface area contributed by atoms with Crippen molar-refractivity contribution in [1.82, 2.24) is 0 Å². The molecule has 2 aliphatic rings. The molecule has 2 aromatic carbocycles. The molecular formula is C18H14BrClN2O2. The summed E-state index contributed by atoms with van der Waals surface area (Å²) in [6.07, 6.45) is 5.24. The van der Waals surface area contributed by atoms with Crippen molar-refractivity contribution >= 4 is 38.9 Å². The van der Waals surface area contributed by atoms with Crippen LogP contribution in [-0.2, 0) is 0 Å². The minimum absolute atomic E-state index is 0.0421. The molecule has 0 unspecified atom stereocenters. The second-order valence-corrected chi connectivity index (χ2v) is 7.50. The van der Waals surface area contributed by atoms with E-state index >= 15 is 0 Å². The molecule has 1 N–H and O–H groups in total. The summed E-state index contributed by atoms with van der Waals surface area (Å²) >= 11 is 9.89. The van der Waals surface area contributed by atoms with Gasteiger partial charge in [0, 0.05) is 22.5 Å². The van der Waals surface area contributed by atoms with Crippen molar-refractivity contribution in [2.45, 2.75) is 18.4 Å². The number of nitro groups is 1. The molecule has 1 aliphatic heterocycles. The molecule has 6 heteroatoms. The number of hydrogen-bond donors (Lipinski definition) is 1. The molecule has 4 rings (SSSR count). The van der Waals surface area contributed by atoms with Crippen molar-refractivity contribution in [2.24, 2.45) is 5.92 Å². The van der Waals surface area contributed by atoms with E-state index in [2.05, 4.69) is 45.5 Å². The minimum Gasteiger partial charge on any atom is -0.376 e. The van der Waals surface area contributed by atoms with E-state index < -0.39 is 0 Å². The van der Waals surface area contributed by atoms with Crippen LogP contribution in [-0.4, -0.2) is 4.92 Å².